The fourth-order valence-corrected chi connectivity index (χ4v) is 4.51. The molecule has 3 aliphatic rings. The molecule has 0 bridgehead atoms. The maximum atomic E-state index is 13.2. The van der Waals surface area contributed by atoms with Gasteiger partial charge in [-0.3, -0.25) is 14.4 Å². The number of nitrogens with zero attached hydrogens (tertiary/aromatic N) is 5. The van der Waals surface area contributed by atoms with Gasteiger partial charge >= 0.3 is 6.03 Å². The first-order valence-electron chi connectivity index (χ1n) is 10.0. The molecule has 3 fully saturated rings. The number of amides is 3. The largest absolute Gasteiger partial charge is 0.340 e. The average Bonchev–Trinajstić information content (AvgIpc) is 3.04. The van der Waals surface area contributed by atoms with Gasteiger partial charge in [-0.05, 0) is 24.8 Å². The Hall–Kier alpha value is -2.83. The van der Waals surface area contributed by atoms with Crippen LogP contribution in [0.4, 0.5) is 10.5 Å². The van der Waals surface area contributed by atoms with Crippen LogP contribution in [0.1, 0.15) is 30.9 Å². The van der Waals surface area contributed by atoms with Gasteiger partial charge in [-0.2, -0.15) is 5.10 Å². The molecule has 5 rings (SSSR count). The molecule has 0 radical (unpaired) electrons. The first-order valence-corrected chi connectivity index (χ1v) is 10.0. The smallest absolute Gasteiger partial charge is 0.324 e. The van der Waals surface area contributed by atoms with Crippen LogP contribution in [0.15, 0.2) is 42.7 Å². The fraction of sp³-hybridized carbons (Fsp3) is 0.476. The topological polar surface area (TPSA) is 61.7 Å². The van der Waals surface area contributed by atoms with Gasteiger partial charge in [0.05, 0.1) is 23.3 Å². The summed E-state index contributed by atoms with van der Waals surface area (Å²) in [7, 11) is 1.81. The van der Waals surface area contributed by atoms with E-state index in [-0.39, 0.29) is 23.4 Å². The van der Waals surface area contributed by atoms with Crippen LogP contribution in [-0.2, 0) is 10.2 Å². The van der Waals surface area contributed by atoms with Crippen LogP contribution in [0.25, 0.3) is 0 Å². The van der Waals surface area contributed by atoms with Crippen molar-refractivity contribution >= 4 is 17.6 Å². The zero-order chi connectivity index (χ0) is 19.3. The van der Waals surface area contributed by atoms with Gasteiger partial charge in [-0.1, -0.05) is 30.3 Å². The Morgan fingerprint density at radius 2 is 1.93 bits per heavy atom. The van der Waals surface area contributed by atoms with Crippen LogP contribution >= 0.6 is 0 Å². The molecule has 0 N–H and O–H groups in total. The van der Waals surface area contributed by atoms with E-state index in [1.807, 2.05) is 41.0 Å². The van der Waals surface area contributed by atoms with Crippen LogP contribution in [0, 0.1) is 0 Å². The highest BCUT2D eigenvalue weighted by Crippen LogP contribution is 2.50. The summed E-state index contributed by atoms with van der Waals surface area (Å²) in [6, 6.07) is 10.3. The minimum Gasteiger partial charge on any atom is -0.340 e. The molecule has 7 heteroatoms. The number of carbonyl (C=O) groups is 2. The normalized spacial score (nSPS) is 23.5. The molecule has 7 nitrogen and oxygen atoms in total. The van der Waals surface area contributed by atoms with E-state index in [4.69, 9.17) is 0 Å². The Morgan fingerprint density at radius 3 is 2.61 bits per heavy atom. The first-order chi connectivity index (χ1) is 13.6. The highest BCUT2D eigenvalue weighted by Gasteiger charge is 2.53. The molecule has 1 saturated carbocycles. The van der Waals surface area contributed by atoms with Gasteiger partial charge in [0, 0.05) is 39.4 Å². The number of hydrogen-bond donors (Lipinski definition) is 0. The molecule has 3 heterocycles. The van der Waals surface area contributed by atoms with Gasteiger partial charge in [0.25, 0.3) is 0 Å². The van der Waals surface area contributed by atoms with Crippen molar-refractivity contribution in [2.24, 2.45) is 0 Å². The Labute approximate surface area is 164 Å². The summed E-state index contributed by atoms with van der Waals surface area (Å²) < 4.78 is 1.93. The Balaban J connectivity index is 1.28. The first kappa shape index (κ1) is 17.3. The molecule has 2 aromatic rings. The molecule has 2 saturated heterocycles. The quantitative estimate of drug-likeness (QED) is 0.819. The third-order valence-electron chi connectivity index (χ3n) is 6.43. The highest BCUT2D eigenvalue weighted by molar-refractivity contribution is 5.93. The molecule has 1 unspecified atom stereocenters. The second-order valence-electron chi connectivity index (χ2n) is 8.18. The second-order valence-corrected chi connectivity index (χ2v) is 8.18. The van der Waals surface area contributed by atoms with Crippen molar-refractivity contribution in [2.75, 3.05) is 38.1 Å². The van der Waals surface area contributed by atoms with Crippen LogP contribution in [0.2, 0.25) is 0 Å². The molecule has 1 atom stereocenters. The minimum atomic E-state index is -0.308. The Morgan fingerprint density at radius 1 is 1.14 bits per heavy atom. The Bertz CT molecular complexity index is 905. The summed E-state index contributed by atoms with van der Waals surface area (Å²) in [5, 5.41) is 4.50. The third kappa shape index (κ3) is 2.68. The van der Waals surface area contributed by atoms with Crippen LogP contribution in [-0.4, -0.2) is 64.7 Å². The molecule has 2 aliphatic heterocycles. The number of aromatic nitrogens is 2. The summed E-state index contributed by atoms with van der Waals surface area (Å²) in [6.07, 6.45) is 6.47. The van der Waals surface area contributed by atoms with E-state index in [2.05, 4.69) is 17.2 Å². The standard InChI is InChI=1S/C21H25N5O2/c1-23-11-12-25(20(23)28)18-13-22-26(15-18)17-7-10-24(14-17)19(27)21(8-9-21)16-5-3-2-4-6-16/h2-6,13,15,17H,7-12,14H2,1H3. The monoisotopic (exact) mass is 379 g/mol. The summed E-state index contributed by atoms with van der Waals surface area (Å²) in [6.45, 7) is 2.87. The molecule has 28 heavy (non-hydrogen) atoms. The summed E-state index contributed by atoms with van der Waals surface area (Å²) >= 11 is 0. The molecule has 1 aliphatic carbocycles. The predicted molar refractivity (Wildman–Crippen MR) is 105 cm³/mol. The van der Waals surface area contributed by atoms with Gasteiger partial charge in [0.15, 0.2) is 0 Å². The number of anilines is 1. The van der Waals surface area contributed by atoms with Gasteiger partial charge in [-0.25, -0.2) is 4.79 Å². The van der Waals surface area contributed by atoms with Gasteiger partial charge in [-0.15, -0.1) is 0 Å². The van der Waals surface area contributed by atoms with Crippen LogP contribution < -0.4 is 4.90 Å². The Kier molecular flexibility index (Phi) is 3.92. The summed E-state index contributed by atoms with van der Waals surface area (Å²) in [5.41, 5.74) is 1.67. The van der Waals surface area contributed by atoms with E-state index in [1.165, 1.54) is 0 Å². The number of hydrogen-bond acceptors (Lipinski definition) is 3. The zero-order valence-electron chi connectivity index (χ0n) is 16.1. The van der Waals surface area contributed by atoms with Crippen molar-refractivity contribution in [3.63, 3.8) is 0 Å². The van der Waals surface area contributed by atoms with Crippen LogP contribution in [0.3, 0.4) is 0 Å². The van der Waals surface area contributed by atoms with Crippen molar-refractivity contribution in [1.29, 1.82) is 0 Å². The van der Waals surface area contributed by atoms with E-state index in [9.17, 15) is 9.59 Å². The lowest BCUT2D eigenvalue weighted by Crippen LogP contribution is -2.38. The van der Waals surface area contributed by atoms with E-state index in [0.29, 0.717) is 13.1 Å². The van der Waals surface area contributed by atoms with E-state index >= 15 is 0 Å². The average molecular weight is 379 g/mol. The lowest BCUT2D eigenvalue weighted by Gasteiger charge is -2.23. The molecule has 0 spiro atoms. The maximum Gasteiger partial charge on any atom is 0.324 e. The number of benzene rings is 1. The fourth-order valence-electron chi connectivity index (χ4n) is 4.51. The van der Waals surface area contributed by atoms with Crippen molar-refractivity contribution in [3.8, 4) is 0 Å². The number of likely N-dealkylation sites (tertiary alicyclic amines) is 1. The summed E-state index contributed by atoms with van der Waals surface area (Å²) in [4.78, 5) is 30.9. The highest BCUT2D eigenvalue weighted by atomic mass is 16.2. The van der Waals surface area contributed by atoms with E-state index in [0.717, 1.165) is 43.6 Å². The minimum absolute atomic E-state index is 0.0151. The molecular formula is C21H25N5O2. The SMILES string of the molecule is CN1CCN(c2cnn(C3CCN(C(=O)C4(c5ccccc5)CC4)C3)c2)C1=O. The number of carbonyl (C=O) groups excluding carboxylic acids is 2. The van der Waals surface area contributed by atoms with Crippen molar-refractivity contribution in [3.05, 3.63) is 48.3 Å². The lowest BCUT2D eigenvalue weighted by molar-refractivity contribution is -0.133. The molecule has 1 aromatic carbocycles. The zero-order valence-corrected chi connectivity index (χ0v) is 16.1. The molecule has 1 aromatic heterocycles. The number of urea groups is 1. The molecule has 3 amide bonds. The second kappa shape index (κ2) is 6.36. The summed E-state index contributed by atoms with van der Waals surface area (Å²) in [5.74, 6) is 0.255. The van der Waals surface area contributed by atoms with Gasteiger partial charge < -0.3 is 9.80 Å². The third-order valence-corrected chi connectivity index (χ3v) is 6.43. The van der Waals surface area contributed by atoms with Gasteiger partial charge in [0.1, 0.15) is 0 Å². The van der Waals surface area contributed by atoms with Crippen molar-refractivity contribution in [1.82, 2.24) is 19.6 Å². The van der Waals surface area contributed by atoms with Gasteiger partial charge in [0.2, 0.25) is 5.91 Å². The maximum absolute atomic E-state index is 13.2. The van der Waals surface area contributed by atoms with E-state index in [1.54, 1.807) is 16.0 Å². The number of rotatable bonds is 4. The van der Waals surface area contributed by atoms with E-state index < -0.39 is 0 Å². The predicted octanol–water partition coefficient (Wildman–Crippen LogP) is 2.26. The lowest BCUT2D eigenvalue weighted by atomic mass is 9.94. The number of likely N-dealkylation sites (N-methyl/N-ethyl adjacent to an activating group) is 1. The molecular weight excluding hydrogens is 354 g/mol. The van der Waals surface area contributed by atoms with Crippen LogP contribution in [0.5, 0.6) is 0 Å². The van der Waals surface area contributed by atoms with Crippen molar-refractivity contribution in [2.45, 2.75) is 30.7 Å². The van der Waals surface area contributed by atoms with Crippen molar-refractivity contribution < 1.29 is 9.59 Å². The molecule has 146 valence electrons.